The van der Waals surface area contributed by atoms with E-state index in [1.54, 1.807) is 18.4 Å². The molecule has 3 aromatic heterocycles. The van der Waals surface area contributed by atoms with Gasteiger partial charge in [-0.05, 0) is 30.0 Å². The highest BCUT2D eigenvalue weighted by Gasteiger charge is 2.08. The second kappa shape index (κ2) is 8.16. The highest BCUT2D eigenvalue weighted by molar-refractivity contribution is 7.10. The van der Waals surface area contributed by atoms with Crippen molar-refractivity contribution < 1.29 is 0 Å². The summed E-state index contributed by atoms with van der Waals surface area (Å²) in [5, 5.41) is 8.89. The summed E-state index contributed by atoms with van der Waals surface area (Å²) in [5.41, 5.74) is 3.32. The highest BCUT2D eigenvalue weighted by Crippen LogP contribution is 2.19. The van der Waals surface area contributed by atoms with Crippen molar-refractivity contribution >= 4 is 22.9 Å². The zero-order valence-electron chi connectivity index (χ0n) is 15.0. The topological polar surface area (TPSA) is 53.7 Å². The number of hydrogen-bond donors (Lipinski definition) is 2. The molecule has 0 aliphatic carbocycles. The zero-order chi connectivity index (χ0) is 17.6. The first-order valence-electron chi connectivity index (χ1n) is 8.58. The van der Waals surface area contributed by atoms with Crippen molar-refractivity contribution in [2.45, 2.75) is 26.2 Å². The Balaban J connectivity index is 1.48. The van der Waals surface area contributed by atoms with E-state index in [2.05, 4.69) is 63.7 Å². The largest absolute Gasteiger partial charge is 0.356 e. The molecule has 1 atom stereocenters. The molecule has 0 bridgehead atoms. The molecule has 3 aromatic rings. The number of hydrogen-bond acceptors (Lipinski definition) is 3. The number of nitrogens with zero attached hydrogens (tertiary/aromatic N) is 3. The summed E-state index contributed by atoms with van der Waals surface area (Å²) in [5.74, 6) is 1.31. The fourth-order valence-electron chi connectivity index (χ4n) is 2.78. The SMILES string of the molecule is CN=C(NCCc1cn2cccc(C)c2n1)NCC(C)c1cccs1. The molecule has 25 heavy (non-hydrogen) atoms. The van der Waals surface area contributed by atoms with Gasteiger partial charge in [0.05, 0.1) is 5.69 Å². The monoisotopic (exact) mass is 355 g/mol. The average molecular weight is 356 g/mol. The van der Waals surface area contributed by atoms with E-state index >= 15 is 0 Å². The fraction of sp³-hybridized carbons (Fsp3) is 0.368. The standard InChI is InChI=1S/C19H25N5S/c1-14-6-4-10-24-13-16(23-18(14)24)8-9-21-19(20-3)22-12-15(2)17-7-5-11-25-17/h4-7,10-11,13,15H,8-9,12H2,1-3H3,(H2,20,21,22). The first kappa shape index (κ1) is 17.5. The van der Waals surface area contributed by atoms with E-state index in [0.29, 0.717) is 5.92 Å². The molecular weight excluding hydrogens is 330 g/mol. The minimum Gasteiger partial charge on any atom is -0.356 e. The molecule has 5 nitrogen and oxygen atoms in total. The van der Waals surface area contributed by atoms with E-state index in [1.807, 2.05) is 12.3 Å². The van der Waals surface area contributed by atoms with Gasteiger partial charge in [0.1, 0.15) is 5.65 Å². The van der Waals surface area contributed by atoms with Crippen LogP contribution < -0.4 is 10.6 Å². The minimum atomic E-state index is 0.472. The molecule has 6 heteroatoms. The van der Waals surface area contributed by atoms with E-state index < -0.39 is 0 Å². The summed E-state index contributed by atoms with van der Waals surface area (Å²) in [4.78, 5) is 10.4. The molecular formula is C19H25N5S. The molecule has 3 rings (SSSR count). The Morgan fingerprint density at radius 1 is 1.32 bits per heavy atom. The van der Waals surface area contributed by atoms with Crippen molar-refractivity contribution in [1.82, 2.24) is 20.0 Å². The van der Waals surface area contributed by atoms with E-state index in [1.165, 1.54) is 10.4 Å². The van der Waals surface area contributed by atoms with Crippen LogP contribution in [0.5, 0.6) is 0 Å². The Bertz CT molecular complexity index is 835. The first-order chi connectivity index (χ1) is 12.2. The van der Waals surface area contributed by atoms with Gasteiger partial charge >= 0.3 is 0 Å². The average Bonchev–Trinajstić information content (AvgIpc) is 3.27. The molecule has 0 saturated heterocycles. The maximum Gasteiger partial charge on any atom is 0.191 e. The molecule has 0 fully saturated rings. The zero-order valence-corrected chi connectivity index (χ0v) is 15.8. The van der Waals surface area contributed by atoms with Gasteiger partial charge in [-0.3, -0.25) is 4.99 Å². The maximum absolute atomic E-state index is 4.71. The van der Waals surface area contributed by atoms with Gasteiger partial charge in [-0.2, -0.15) is 0 Å². The minimum absolute atomic E-state index is 0.472. The number of aromatic nitrogens is 2. The van der Waals surface area contributed by atoms with Gasteiger partial charge in [0.2, 0.25) is 0 Å². The van der Waals surface area contributed by atoms with E-state index in [0.717, 1.165) is 36.8 Å². The van der Waals surface area contributed by atoms with E-state index in [9.17, 15) is 0 Å². The number of rotatable bonds is 6. The van der Waals surface area contributed by atoms with Crippen LogP contribution in [0, 0.1) is 6.92 Å². The summed E-state index contributed by atoms with van der Waals surface area (Å²) in [7, 11) is 1.80. The number of aliphatic imine (C=N–C) groups is 1. The quantitative estimate of drug-likeness (QED) is 0.527. The highest BCUT2D eigenvalue weighted by atomic mass is 32.1. The number of guanidine groups is 1. The number of aryl methyl sites for hydroxylation is 1. The fourth-order valence-corrected chi connectivity index (χ4v) is 3.56. The van der Waals surface area contributed by atoms with Gasteiger partial charge in [0.25, 0.3) is 0 Å². The van der Waals surface area contributed by atoms with Gasteiger partial charge < -0.3 is 15.0 Å². The molecule has 0 saturated carbocycles. The molecule has 0 amide bonds. The lowest BCUT2D eigenvalue weighted by molar-refractivity contribution is 0.706. The first-order valence-corrected chi connectivity index (χ1v) is 9.46. The van der Waals surface area contributed by atoms with Crippen molar-refractivity contribution in [3.05, 3.63) is 58.2 Å². The lowest BCUT2D eigenvalue weighted by Crippen LogP contribution is -2.39. The number of nitrogens with one attached hydrogen (secondary N) is 2. The molecule has 0 aliphatic rings. The predicted molar refractivity (Wildman–Crippen MR) is 106 cm³/mol. The molecule has 0 aliphatic heterocycles. The third-order valence-electron chi connectivity index (χ3n) is 4.23. The van der Waals surface area contributed by atoms with Gasteiger partial charge in [0.15, 0.2) is 5.96 Å². The summed E-state index contributed by atoms with van der Waals surface area (Å²) in [6.07, 6.45) is 5.00. The van der Waals surface area contributed by atoms with E-state index in [4.69, 9.17) is 4.98 Å². The summed E-state index contributed by atoms with van der Waals surface area (Å²) < 4.78 is 2.08. The van der Waals surface area contributed by atoms with Gasteiger partial charge in [-0.15, -0.1) is 11.3 Å². The van der Waals surface area contributed by atoms with Crippen molar-refractivity contribution in [3.8, 4) is 0 Å². The Morgan fingerprint density at radius 2 is 2.20 bits per heavy atom. The molecule has 1 unspecified atom stereocenters. The number of pyridine rings is 1. The van der Waals surface area contributed by atoms with E-state index in [-0.39, 0.29) is 0 Å². The van der Waals surface area contributed by atoms with Crippen molar-refractivity contribution in [3.63, 3.8) is 0 Å². The Hall–Kier alpha value is -2.34. The van der Waals surface area contributed by atoms with Gasteiger partial charge in [-0.25, -0.2) is 4.98 Å². The molecule has 132 valence electrons. The Kier molecular flexibility index (Phi) is 5.71. The van der Waals surface area contributed by atoms with Crippen LogP contribution in [-0.2, 0) is 6.42 Å². The Morgan fingerprint density at radius 3 is 2.92 bits per heavy atom. The third-order valence-corrected chi connectivity index (χ3v) is 5.33. The number of fused-ring (bicyclic) bond motifs is 1. The normalized spacial score (nSPS) is 13.2. The lowest BCUT2D eigenvalue weighted by Gasteiger charge is -2.15. The summed E-state index contributed by atoms with van der Waals surface area (Å²) in [6, 6.07) is 8.41. The molecule has 0 radical (unpaired) electrons. The van der Waals surface area contributed by atoms with Crippen LogP contribution in [0.25, 0.3) is 5.65 Å². The van der Waals surface area contributed by atoms with Crippen LogP contribution in [0.4, 0.5) is 0 Å². The van der Waals surface area contributed by atoms with Crippen LogP contribution in [0.3, 0.4) is 0 Å². The van der Waals surface area contributed by atoms with Crippen LogP contribution in [0.15, 0.2) is 47.0 Å². The summed E-state index contributed by atoms with van der Waals surface area (Å²) in [6.45, 7) is 5.99. The number of thiophene rings is 1. The van der Waals surface area contributed by atoms with Crippen molar-refractivity contribution in [2.75, 3.05) is 20.1 Å². The van der Waals surface area contributed by atoms with Crippen LogP contribution in [0.1, 0.15) is 29.0 Å². The molecule has 3 heterocycles. The Labute approximate surface area is 152 Å². The third kappa shape index (κ3) is 4.39. The second-order valence-corrected chi connectivity index (χ2v) is 7.18. The van der Waals surface area contributed by atoms with Crippen LogP contribution in [-0.4, -0.2) is 35.5 Å². The van der Waals surface area contributed by atoms with Crippen molar-refractivity contribution in [1.29, 1.82) is 0 Å². The van der Waals surface area contributed by atoms with Gasteiger partial charge in [-0.1, -0.05) is 19.1 Å². The second-order valence-electron chi connectivity index (χ2n) is 6.20. The molecule has 0 spiro atoms. The predicted octanol–water partition coefficient (Wildman–Crippen LogP) is 3.22. The molecule has 0 aromatic carbocycles. The van der Waals surface area contributed by atoms with Crippen molar-refractivity contribution in [2.24, 2.45) is 4.99 Å². The van der Waals surface area contributed by atoms with Crippen LogP contribution in [0.2, 0.25) is 0 Å². The smallest absolute Gasteiger partial charge is 0.191 e. The lowest BCUT2D eigenvalue weighted by atomic mass is 10.1. The number of imidazole rings is 1. The van der Waals surface area contributed by atoms with Crippen LogP contribution >= 0.6 is 11.3 Å². The summed E-state index contributed by atoms with van der Waals surface area (Å²) >= 11 is 1.80. The molecule has 2 N–H and O–H groups in total. The van der Waals surface area contributed by atoms with Gasteiger partial charge in [0, 0.05) is 49.7 Å². The maximum atomic E-state index is 4.71.